The molecule has 1 nitrogen and oxygen atoms in total. The summed E-state index contributed by atoms with van der Waals surface area (Å²) in [5.74, 6) is 0. The zero-order chi connectivity index (χ0) is 14.7. The maximum Gasteiger partial charge on any atom is 0.106 e. The molecule has 0 heterocycles. The molecule has 0 amide bonds. The lowest BCUT2D eigenvalue weighted by atomic mass is 10.2. The Morgan fingerprint density at radius 1 is 0.850 bits per heavy atom. The van der Waals surface area contributed by atoms with Crippen LogP contribution in [0.5, 0.6) is 0 Å². The maximum atomic E-state index is 5.96. The van der Waals surface area contributed by atoms with E-state index in [1.165, 1.54) is 0 Å². The zero-order valence-corrected chi connectivity index (χ0v) is 13.9. The summed E-state index contributed by atoms with van der Waals surface area (Å²) in [4.78, 5) is 0.592. The summed E-state index contributed by atoms with van der Waals surface area (Å²) in [6.45, 7) is 0.552. The molecule has 1 N–H and O–H groups in total. The van der Waals surface area contributed by atoms with Gasteiger partial charge in [0.05, 0.1) is 20.1 Å². The lowest BCUT2D eigenvalue weighted by Gasteiger charge is -2.09. The molecule has 2 aromatic carbocycles. The number of hydrogen-bond acceptors (Lipinski definition) is 1. The molecule has 0 spiro atoms. The molecule has 0 bridgehead atoms. The van der Waals surface area contributed by atoms with Gasteiger partial charge < -0.3 is 5.32 Å². The van der Waals surface area contributed by atoms with Crippen LogP contribution in [0.1, 0.15) is 11.1 Å². The molecule has 0 atom stereocenters. The summed E-state index contributed by atoms with van der Waals surface area (Å²) in [7, 11) is 0. The van der Waals surface area contributed by atoms with Gasteiger partial charge >= 0.3 is 0 Å². The van der Waals surface area contributed by atoms with Crippen molar-refractivity contribution in [2.45, 2.75) is 6.54 Å². The second-order valence-corrected chi connectivity index (χ2v) is 6.10. The van der Waals surface area contributed by atoms with Crippen LogP contribution in [0, 0.1) is 0 Å². The minimum absolute atomic E-state index is 0.475. The SMILES string of the molecule is S=C(NCc1ccc(Cl)c(Cl)c1)c1ccc(Cl)c(Cl)c1. The van der Waals surface area contributed by atoms with Gasteiger partial charge in [0, 0.05) is 12.1 Å². The van der Waals surface area contributed by atoms with Gasteiger partial charge in [-0.05, 0) is 29.8 Å². The topological polar surface area (TPSA) is 12.0 Å². The van der Waals surface area contributed by atoms with E-state index in [0.29, 0.717) is 31.6 Å². The zero-order valence-electron chi connectivity index (χ0n) is 10.1. The van der Waals surface area contributed by atoms with Crippen LogP contribution in [-0.2, 0) is 6.54 Å². The Hall–Kier alpha value is -0.510. The number of halogens is 4. The van der Waals surface area contributed by atoms with E-state index in [-0.39, 0.29) is 0 Å². The fourth-order valence-electron chi connectivity index (χ4n) is 1.57. The molecular formula is C14H9Cl4NS. The molecule has 0 saturated heterocycles. The van der Waals surface area contributed by atoms with Crippen molar-refractivity contribution < 1.29 is 0 Å². The highest BCUT2D eigenvalue weighted by Crippen LogP contribution is 2.24. The van der Waals surface area contributed by atoms with E-state index in [1.807, 2.05) is 12.1 Å². The number of benzene rings is 2. The molecule has 104 valence electrons. The van der Waals surface area contributed by atoms with E-state index in [2.05, 4.69) is 5.32 Å². The van der Waals surface area contributed by atoms with Gasteiger partial charge in [-0.25, -0.2) is 0 Å². The van der Waals surface area contributed by atoms with Crippen molar-refractivity contribution in [3.8, 4) is 0 Å². The fourth-order valence-corrected chi connectivity index (χ4v) is 2.39. The van der Waals surface area contributed by atoms with Crippen molar-refractivity contribution in [1.29, 1.82) is 0 Å². The lowest BCUT2D eigenvalue weighted by Crippen LogP contribution is -2.21. The first-order chi connectivity index (χ1) is 9.47. The van der Waals surface area contributed by atoms with Crippen LogP contribution < -0.4 is 5.32 Å². The predicted molar refractivity (Wildman–Crippen MR) is 91.5 cm³/mol. The smallest absolute Gasteiger partial charge is 0.106 e. The van der Waals surface area contributed by atoms with Crippen LogP contribution in [0.25, 0.3) is 0 Å². The van der Waals surface area contributed by atoms with Crippen molar-refractivity contribution >= 4 is 63.6 Å². The molecule has 0 unspecified atom stereocenters. The Balaban J connectivity index is 2.04. The Morgan fingerprint density at radius 2 is 1.45 bits per heavy atom. The van der Waals surface area contributed by atoms with Crippen molar-refractivity contribution in [1.82, 2.24) is 5.32 Å². The normalized spacial score (nSPS) is 10.4. The first kappa shape index (κ1) is 15.9. The average Bonchev–Trinajstić information content (AvgIpc) is 2.43. The summed E-state index contributed by atoms with van der Waals surface area (Å²) in [6, 6.07) is 10.7. The third-order valence-electron chi connectivity index (χ3n) is 2.62. The highest BCUT2D eigenvalue weighted by atomic mass is 35.5. The van der Waals surface area contributed by atoms with Crippen molar-refractivity contribution in [2.24, 2.45) is 0 Å². The molecule has 0 aliphatic carbocycles. The molecule has 0 fully saturated rings. The first-order valence-electron chi connectivity index (χ1n) is 5.64. The quantitative estimate of drug-likeness (QED) is 0.694. The van der Waals surface area contributed by atoms with E-state index >= 15 is 0 Å². The van der Waals surface area contributed by atoms with E-state index in [9.17, 15) is 0 Å². The number of hydrogen-bond donors (Lipinski definition) is 1. The van der Waals surface area contributed by atoms with E-state index in [4.69, 9.17) is 58.6 Å². The van der Waals surface area contributed by atoms with Crippen LogP contribution in [0.3, 0.4) is 0 Å². The molecule has 0 aliphatic heterocycles. The summed E-state index contributed by atoms with van der Waals surface area (Å²) in [5, 5.41) is 5.16. The predicted octanol–water partition coefficient (Wildman–Crippen LogP) is 5.77. The Bertz CT molecular complexity index is 658. The highest BCUT2D eigenvalue weighted by Gasteiger charge is 2.05. The molecule has 0 saturated carbocycles. The molecule has 20 heavy (non-hydrogen) atoms. The second-order valence-electron chi connectivity index (χ2n) is 4.06. The van der Waals surface area contributed by atoms with Gasteiger partial charge in [-0.15, -0.1) is 0 Å². The van der Waals surface area contributed by atoms with Crippen LogP contribution in [-0.4, -0.2) is 4.99 Å². The fraction of sp³-hybridized carbons (Fsp3) is 0.0714. The van der Waals surface area contributed by atoms with Crippen molar-refractivity contribution in [2.75, 3.05) is 0 Å². The van der Waals surface area contributed by atoms with Crippen molar-refractivity contribution in [3.63, 3.8) is 0 Å². The average molecular weight is 365 g/mol. The summed E-state index contributed by atoms with van der Waals surface area (Å²) < 4.78 is 0. The third-order valence-corrected chi connectivity index (χ3v) is 4.48. The number of rotatable bonds is 3. The summed E-state index contributed by atoms with van der Waals surface area (Å²) >= 11 is 29.0. The van der Waals surface area contributed by atoms with Crippen LogP contribution in [0.2, 0.25) is 20.1 Å². The summed E-state index contributed by atoms with van der Waals surface area (Å²) in [6.07, 6.45) is 0. The standard InChI is InChI=1S/C14H9Cl4NS/c15-10-3-1-8(5-12(10)17)7-19-14(20)9-2-4-11(16)13(18)6-9/h1-6H,7H2,(H,19,20). The molecule has 0 radical (unpaired) electrons. The number of thiocarbonyl (C=S) groups is 1. The minimum atomic E-state index is 0.475. The molecule has 0 aromatic heterocycles. The van der Waals surface area contributed by atoms with Crippen LogP contribution >= 0.6 is 58.6 Å². The Kier molecular flexibility index (Phi) is 5.53. The Morgan fingerprint density at radius 3 is 2.05 bits per heavy atom. The van der Waals surface area contributed by atoms with Gasteiger partial charge in [0.25, 0.3) is 0 Å². The van der Waals surface area contributed by atoms with Gasteiger partial charge in [0.1, 0.15) is 4.99 Å². The van der Waals surface area contributed by atoms with Crippen LogP contribution in [0.15, 0.2) is 36.4 Å². The molecule has 6 heteroatoms. The largest absolute Gasteiger partial charge is 0.372 e. The minimum Gasteiger partial charge on any atom is -0.372 e. The van der Waals surface area contributed by atoms with E-state index in [0.717, 1.165) is 11.1 Å². The first-order valence-corrected chi connectivity index (χ1v) is 7.56. The third kappa shape index (κ3) is 4.00. The molecule has 0 aliphatic rings. The monoisotopic (exact) mass is 363 g/mol. The van der Waals surface area contributed by atoms with E-state index < -0.39 is 0 Å². The molecule has 2 aromatic rings. The summed E-state index contributed by atoms with van der Waals surface area (Å²) in [5.41, 5.74) is 1.80. The Labute approximate surface area is 142 Å². The van der Waals surface area contributed by atoms with E-state index in [1.54, 1.807) is 24.3 Å². The maximum absolute atomic E-state index is 5.96. The van der Waals surface area contributed by atoms with Gasteiger partial charge in [-0.1, -0.05) is 70.8 Å². The lowest BCUT2D eigenvalue weighted by molar-refractivity contribution is 0.929. The number of nitrogens with one attached hydrogen (secondary N) is 1. The van der Waals surface area contributed by atoms with Gasteiger partial charge in [0.2, 0.25) is 0 Å². The van der Waals surface area contributed by atoms with Crippen molar-refractivity contribution in [3.05, 3.63) is 67.6 Å². The van der Waals surface area contributed by atoms with Gasteiger partial charge in [-0.2, -0.15) is 0 Å². The molecular weight excluding hydrogens is 356 g/mol. The molecule has 2 rings (SSSR count). The van der Waals surface area contributed by atoms with Gasteiger partial charge in [0.15, 0.2) is 0 Å². The van der Waals surface area contributed by atoms with Gasteiger partial charge in [-0.3, -0.25) is 0 Å². The van der Waals surface area contributed by atoms with Crippen LogP contribution in [0.4, 0.5) is 0 Å². The highest BCUT2D eigenvalue weighted by molar-refractivity contribution is 7.80. The second kappa shape index (κ2) is 6.97.